The molecule has 0 saturated carbocycles. The lowest BCUT2D eigenvalue weighted by Crippen LogP contribution is -1.98. The highest BCUT2D eigenvalue weighted by molar-refractivity contribution is 6.15. The number of methoxy groups -OCH3 is 2. The molecule has 118 valence electrons. The maximum atomic E-state index is 11.6. The monoisotopic (exact) mass is 316 g/mol. The van der Waals surface area contributed by atoms with E-state index in [1.165, 1.54) is 38.5 Å². The predicted octanol–water partition coefficient (Wildman–Crippen LogP) is 1.37. The van der Waals surface area contributed by atoms with Crippen molar-refractivity contribution in [2.75, 3.05) is 14.2 Å². The highest BCUT2D eigenvalue weighted by Gasteiger charge is 2.30. The van der Waals surface area contributed by atoms with Gasteiger partial charge in [-0.05, 0) is 35.4 Å². The molecule has 1 aromatic carbocycles. The fraction of sp³-hybridized carbons (Fsp3) is 0.125. The Morgan fingerprint density at radius 3 is 1.61 bits per heavy atom. The largest absolute Gasteiger partial charge is 0.466 e. The summed E-state index contributed by atoms with van der Waals surface area (Å²) in [5, 5.41) is 0. The Labute approximate surface area is 131 Å². The van der Waals surface area contributed by atoms with Gasteiger partial charge in [0.05, 0.1) is 25.3 Å². The van der Waals surface area contributed by atoms with E-state index < -0.39 is 23.9 Å². The standard InChI is InChI=1S/C16H12O7/c1-21-13(17)5-3-9-7-11-12(16(20)23-15(11)19)8-10(9)4-6-14(18)22-2/h3-8H,1-2H3. The third-order valence-corrected chi connectivity index (χ3v) is 3.05. The summed E-state index contributed by atoms with van der Waals surface area (Å²) in [5.41, 5.74) is 1.05. The number of carbonyl (C=O) groups is 4. The van der Waals surface area contributed by atoms with E-state index in [-0.39, 0.29) is 11.1 Å². The van der Waals surface area contributed by atoms with Gasteiger partial charge in [-0.2, -0.15) is 0 Å². The molecule has 0 fully saturated rings. The molecule has 0 unspecified atom stereocenters. The van der Waals surface area contributed by atoms with Crippen LogP contribution >= 0.6 is 0 Å². The van der Waals surface area contributed by atoms with E-state index in [0.29, 0.717) is 11.1 Å². The highest BCUT2D eigenvalue weighted by atomic mass is 16.6. The van der Waals surface area contributed by atoms with Crippen molar-refractivity contribution in [2.45, 2.75) is 0 Å². The second-order valence-corrected chi connectivity index (χ2v) is 4.42. The third-order valence-electron chi connectivity index (χ3n) is 3.05. The van der Waals surface area contributed by atoms with E-state index in [2.05, 4.69) is 14.2 Å². The summed E-state index contributed by atoms with van der Waals surface area (Å²) in [6.07, 6.45) is 5.11. The summed E-state index contributed by atoms with van der Waals surface area (Å²) >= 11 is 0. The number of hydrogen-bond donors (Lipinski definition) is 0. The summed E-state index contributed by atoms with van der Waals surface area (Å²) in [6.45, 7) is 0. The van der Waals surface area contributed by atoms with Crippen molar-refractivity contribution in [1.29, 1.82) is 0 Å². The van der Waals surface area contributed by atoms with Gasteiger partial charge in [0, 0.05) is 12.2 Å². The van der Waals surface area contributed by atoms with Gasteiger partial charge in [0.25, 0.3) is 0 Å². The predicted molar refractivity (Wildman–Crippen MR) is 78.3 cm³/mol. The minimum atomic E-state index is -0.763. The van der Waals surface area contributed by atoms with E-state index in [4.69, 9.17) is 0 Å². The minimum absolute atomic E-state index is 0.0923. The van der Waals surface area contributed by atoms with E-state index in [1.54, 1.807) is 0 Å². The highest BCUT2D eigenvalue weighted by Crippen LogP contribution is 2.26. The Morgan fingerprint density at radius 1 is 0.870 bits per heavy atom. The van der Waals surface area contributed by atoms with Crippen LogP contribution < -0.4 is 0 Å². The van der Waals surface area contributed by atoms with Gasteiger partial charge in [0.2, 0.25) is 0 Å². The van der Waals surface area contributed by atoms with Gasteiger partial charge in [0.1, 0.15) is 0 Å². The molecule has 0 bridgehead atoms. The average molecular weight is 316 g/mol. The van der Waals surface area contributed by atoms with Crippen LogP contribution in [-0.2, 0) is 23.8 Å². The molecule has 1 aliphatic heterocycles. The smallest absolute Gasteiger partial charge is 0.346 e. The van der Waals surface area contributed by atoms with Gasteiger partial charge >= 0.3 is 23.9 Å². The fourth-order valence-electron chi connectivity index (χ4n) is 1.91. The second kappa shape index (κ2) is 6.69. The zero-order chi connectivity index (χ0) is 17.0. The Balaban J connectivity index is 2.51. The molecule has 0 aromatic heterocycles. The van der Waals surface area contributed by atoms with Gasteiger partial charge < -0.3 is 14.2 Å². The maximum absolute atomic E-state index is 11.6. The second-order valence-electron chi connectivity index (χ2n) is 4.42. The van der Waals surface area contributed by atoms with Crippen molar-refractivity contribution in [3.8, 4) is 0 Å². The van der Waals surface area contributed by atoms with Gasteiger partial charge in [-0.25, -0.2) is 19.2 Å². The van der Waals surface area contributed by atoms with Crippen molar-refractivity contribution in [3.63, 3.8) is 0 Å². The summed E-state index contributed by atoms with van der Waals surface area (Å²) < 4.78 is 13.5. The first-order chi connectivity index (χ1) is 11.0. The first kappa shape index (κ1) is 16.2. The zero-order valence-electron chi connectivity index (χ0n) is 12.3. The van der Waals surface area contributed by atoms with Gasteiger partial charge in [0.15, 0.2) is 0 Å². The number of benzene rings is 1. The first-order valence-electron chi connectivity index (χ1n) is 6.43. The van der Waals surface area contributed by atoms with Crippen LogP contribution in [0.4, 0.5) is 0 Å². The third kappa shape index (κ3) is 3.52. The molecule has 2 rings (SSSR count). The van der Waals surface area contributed by atoms with Crippen LogP contribution in [0, 0.1) is 0 Å². The first-order valence-corrected chi connectivity index (χ1v) is 6.43. The fourth-order valence-corrected chi connectivity index (χ4v) is 1.91. The average Bonchev–Trinajstić information content (AvgIpc) is 2.83. The lowest BCUT2D eigenvalue weighted by atomic mass is 9.98. The van der Waals surface area contributed by atoms with Crippen LogP contribution in [0.5, 0.6) is 0 Å². The molecular weight excluding hydrogens is 304 g/mol. The quantitative estimate of drug-likeness (QED) is 0.358. The molecule has 0 amide bonds. The van der Waals surface area contributed by atoms with Gasteiger partial charge in [-0.3, -0.25) is 0 Å². The van der Waals surface area contributed by atoms with Crippen LogP contribution in [0.1, 0.15) is 31.8 Å². The number of carbonyl (C=O) groups excluding carboxylic acids is 4. The number of cyclic esters (lactones) is 2. The van der Waals surface area contributed by atoms with Crippen molar-refractivity contribution < 1.29 is 33.4 Å². The molecule has 0 radical (unpaired) electrons. The molecule has 7 heteroatoms. The minimum Gasteiger partial charge on any atom is -0.466 e. The summed E-state index contributed by atoms with van der Waals surface area (Å²) in [5.74, 6) is -2.71. The summed E-state index contributed by atoms with van der Waals surface area (Å²) in [7, 11) is 2.45. The molecule has 0 saturated heterocycles. The summed E-state index contributed by atoms with van der Waals surface area (Å²) in [4.78, 5) is 45.6. The molecule has 0 aliphatic carbocycles. The SMILES string of the molecule is COC(=O)C=Cc1cc2c(cc1C=CC(=O)OC)C(=O)OC2=O. The summed E-state index contributed by atoms with van der Waals surface area (Å²) in [6, 6.07) is 2.80. The van der Waals surface area contributed by atoms with Crippen LogP contribution in [0.2, 0.25) is 0 Å². The molecule has 0 spiro atoms. The Hall–Kier alpha value is -3.22. The van der Waals surface area contributed by atoms with Crippen molar-refractivity contribution in [1.82, 2.24) is 0 Å². The zero-order valence-corrected chi connectivity index (χ0v) is 12.3. The van der Waals surface area contributed by atoms with Crippen molar-refractivity contribution in [2.24, 2.45) is 0 Å². The van der Waals surface area contributed by atoms with Gasteiger partial charge in [-0.15, -0.1) is 0 Å². The topological polar surface area (TPSA) is 96.0 Å². The molecule has 7 nitrogen and oxygen atoms in total. The lowest BCUT2D eigenvalue weighted by Gasteiger charge is -2.03. The Bertz CT molecular complexity index is 693. The normalized spacial score (nSPS) is 13.3. The molecule has 1 aliphatic rings. The van der Waals surface area contributed by atoms with Crippen molar-refractivity contribution in [3.05, 3.63) is 46.5 Å². The van der Waals surface area contributed by atoms with Crippen LogP contribution in [0.25, 0.3) is 12.2 Å². The number of ether oxygens (including phenoxy) is 3. The van der Waals surface area contributed by atoms with E-state index in [9.17, 15) is 19.2 Å². The van der Waals surface area contributed by atoms with Gasteiger partial charge in [-0.1, -0.05) is 0 Å². The Kier molecular flexibility index (Phi) is 4.70. The van der Waals surface area contributed by atoms with E-state index in [1.807, 2.05) is 0 Å². The molecule has 23 heavy (non-hydrogen) atoms. The number of rotatable bonds is 4. The molecule has 0 N–H and O–H groups in total. The van der Waals surface area contributed by atoms with E-state index in [0.717, 1.165) is 12.2 Å². The van der Waals surface area contributed by atoms with Crippen LogP contribution in [0.15, 0.2) is 24.3 Å². The van der Waals surface area contributed by atoms with Crippen LogP contribution in [0.3, 0.4) is 0 Å². The lowest BCUT2D eigenvalue weighted by molar-refractivity contribution is -0.135. The Morgan fingerprint density at radius 2 is 1.26 bits per heavy atom. The molecule has 1 aromatic rings. The number of hydrogen-bond acceptors (Lipinski definition) is 7. The maximum Gasteiger partial charge on any atom is 0.346 e. The van der Waals surface area contributed by atoms with E-state index >= 15 is 0 Å². The van der Waals surface area contributed by atoms with Crippen LogP contribution in [-0.4, -0.2) is 38.1 Å². The molecule has 1 heterocycles. The molecular formula is C16H12O7. The van der Waals surface area contributed by atoms with Crippen molar-refractivity contribution >= 4 is 36.0 Å². The number of fused-ring (bicyclic) bond motifs is 1. The number of esters is 4. The molecule has 0 atom stereocenters.